The lowest BCUT2D eigenvalue weighted by Crippen LogP contribution is -2.13. The van der Waals surface area contributed by atoms with Crippen molar-refractivity contribution in [3.05, 3.63) is 39.7 Å². The largest absolute Gasteiger partial charge is 0.497 e. The number of fused-ring (bicyclic) bond motifs is 1. The van der Waals surface area contributed by atoms with Crippen LogP contribution < -0.4 is 10.2 Å². The minimum absolute atomic E-state index is 0.0604. The highest BCUT2D eigenvalue weighted by molar-refractivity contribution is 5.80. The van der Waals surface area contributed by atoms with Crippen molar-refractivity contribution in [3.8, 4) is 5.75 Å². The van der Waals surface area contributed by atoms with E-state index in [0.29, 0.717) is 41.5 Å². The fourth-order valence-electron chi connectivity index (χ4n) is 2.67. The van der Waals surface area contributed by atoms with Gasteiger partial charge in [-0.1, -0.05) is 6.42 Å². The average molecular weight is 327 g/mol. The molecule has 3 nitrogen and oxygen atoms in total. The third kappa shape index (κ3) is 4.50. The van der Waals surface area contributed by atoms with Crippen molar-refractivity contribution in [1.82, 2.24) is 4.98 Å². The lowest BCUT2D eigenvalue weighted by atomic mass is 10.0. The molecule has 0 aliphatic rings. The van der Waals surface area contributed by atoms with E-state index in [1.54, 1.807) is 25.3 Å². The van der Waals surface area contributed by atoms with Gasteiger partial charge < -0.3 is 9.72 Å². The highest BCUT2D eigenvalue weighted by Gasteiger charge is 2.25. The van der Waals surface area contributed by atoms with Crippen LogP contribution >= 0.6 is 0 Å². The number of hydrogen-bond donors (Lipinski definition) is 1. The third-order valence-corrected chi connectivity index (χ3v) is 3.91. The molecule has 0 saturated heterocycles. The van der Waals surface area contributed by atoms with Crippen LogP contribution in [-0.2, 0) is 6.42 Å². The molecule has 1 N–H and O–H groups in total. The van der Waals surface area contributed by atoms with Gasteiger partial charge in [-0.25, -0.2) is 0 Å². The van der Waals surface area contributed by atoms with E-state index in [1.807, 2.05) is 6.92 Å². The van der Waals surface area contributed by atoms with Crippen molar-refractivity contribution in [2.24, 2.45) is 0 Å². The fraction of sp³-hybridized carbons (Fsp3) is 0.471. The number of ether oxygens (including phenoxy) is 1. The van der Waals surface area contributed by atoms with Crippen LogP contribution in [0.3, 0.4) is 0 Å². The van der Waals surface area contributed by atoms with E-state index in [0.717, 1.165) is 5.69 Å². The summed E-state index contributed by atoms with van der Waals surface area (Å²) in [4.78, 5) is 15.7. The molecule has 23 heavy (non-hydrogen) atoms. The van der Waals surface area contributed by atoms with Gasteiger partial charge in [0.05, 0.1) is 12.6 Å². The molecule has 0 saturated carbocycles. The van der Waals surface area contributed by atoms with Crippen LogP contribution in [0.15, 0.2) is 23.0 Å². The van der Waals surface area contributed by atoms with Gasteiger partial charge in [0.15, 0.2) is 5.43 Å². The van der Waals surface area contributed by atoms with Crippen molar-refractivity contribution in [2.45, 2.75) is 45.2 Å². The van der Waals surface area contributed by atoms with Crippen LogP contribution in [0.2, 0.25) is 0 Å². The Labute approximate surface area is 132 Å². The summed E-state index contributed by atoms with van der Waals surface area (Å²) in [6.07, 6.45) is -3.25. The quantitative estimate of drug-likeness (QED) is 0.793. The van der Waals surface area contributed by atoms with Crippen molar-refractivity contribution in [1.29, 1.82) is 0 Å². The first kappa shape index (κ1) is 17.4. The monoisotopic (exact) mass is 327 g/mol. The minimum atomic E-state index is -4.10. The zero-order chi connectivity index (χ0) is 17.0. The zero-order valence-corrected chi connectivity index (χ0v) is 13.2. The molecule has 0 radical (unpaired) electrons. The number of aryl methyl sites for hydroxylation is 1. The van der Waals surface area contributed by atoms with E-state index in [-0.39, 0.29) is 11.8 Å². The summed E-state index contributed by atoms with van der Waals surface area (Å²) in [5.41, 5.74) is 2.05. The van der Waals surface area contributed by atoms with Crippen molar-refractivity contribution < 1.29 is 17.9 Å². The second-order valence-corrected chi connectivity index (χ2v) is 5.65. The van der Waals surface area contributed by atoms with Gasteiger partial charge in [-0.15, -0.1) is 0 Å². The van der Waals surface area contributed by atoms with E-state index in [2.05, 4.69) is 4.98 Å². The molecular formula is C17H20F3NO2. The third-order valence-electron chi connectivity index (χ3n) is 3.91. The maximum atomic E-state index is 12.5. The molecule has 1 aromatic carbocycles. The number of aromatic amines is 1. The molecule has 6 heteroatoms. The Morgan fingerprint density at radius 2 is 1.91 bits per heavy atom. The Morgan fingerprint density at radius 3 is 2.57 bits per heavy atom. The van der Waals surface area contributed by atoms with Crippen LogP contribution in [0.25, 0.3) is 10.9 Å². The second-order valence-electron chi connectivity index (χ2n) is 5.65. The van der Waals surface area contributed by atoms with Crippen molar-refractivity contribution >= 4 is 10.9 Å². The standard InChI is InChI=1S/C17H20F3NO2/c1-11-13(6-4-3-5-9-17(18,19)20)16(22)14-8-7-12(23-2)10-15(14)21-11/h7-8,10H,3-6,9H2,1-2H3,(H,21,22). The van der Waals surface area contributed by atoms with Gasteiger partial charge in [-0.2, -0.15) is 13.2 Å². The number of benzene rings is 1. The van der Waals surface area contributed by atoms with E-state index >= 15 is 0 Å². The molecular weight excluding hydrogens is 307 g/mol. The summed E-state index contributed by atoms with van der Waals surface area (Å²) in [5, 5.41) is 0.571. The zero-order valence-electron chi connectivity index (χ0n) is 13.2. The molecule has 2 aromatic rings. The van der Waals surface area contributed by atoms with E-state index in [1.165, 1.54) is 0 Å². The first-order valence-corrected chi connectivity index (χ1v) is 7.58. The molecule has 0 atom stereocenters. The van der Waals surface area contributed by atoms with Crippen LogP contribution in [0.4, 0.5) is 13.2 Å². The Bertz CT molecular complexity index is 735. The highest BCUT2D eigenvalue weighted by Crippen LogP contribution is 2.23. The molecule has 0 bridgehead atoms. The number of unbranched alkanes of at least 4 members (excludes halogenated alkanes) is 2. The van der Waals surface area contributed by atoms with Crippen molar-refractivity contribution in [2.75, 3.05) is 7.11 Å². The van der Waals surface area contributed by atoms with E-state index in [4.69, 9.17) is 4.74 Å². The topological polar surface area (TPSA) is 42.1 Å². The van der Waals surface area contributed by atoms with Crippen LogP contribution in [0, 0.1) is 6.92 Å². The summed E-state index contributed by atoms with van der Waals surface area (Å²) in [6.45, 7) is 1.81. The molecule has 0 unspecified atom stereocenters. The molecule has 0 aliphatic heterocycles. The number of nitrogens with one attached hydrogen (secondary N) is 1. The first-order chi connectivity index (χ1) is 10.8. The number of methoxy groups -OCH3 is 1. The van der Waals surface area contributed by atoms with Gasteiger partial charge in [0, 0.05) is 29.1 Å². The smallest absolute Gasteiger partial charge is 0.389 e. The Morgan fingerprint density at radius 1 is 1.17 bits per heavy atom. The average Bonchev–Trinajstić information content (AvgIpc) is 2.48. The number of pyridine rings is 1. The molecule has 0 aliphatic carbocycles. The van der Waals surface area contributed by atoms with Gasteiger partial charge >= 0.3 is 6.18 Å². The summed E-state index contributed by atoms with van der Waals surface area (Å²) in [7, 11) is 1.56. The predicted octanol–water partition coefficient (Wildman–Crippen LogP) is 4.51. The SMILES string of the molecule is COc1ccc2c(=O)c(CCCCCC(F)(F)F)c(C)[nH]c2c1. The predicted molar refractivity (Wildman–Crippen MR) is 84.1 cm³/mol. The molecule has 0 fully saturated rings. The maximum absolute atomic E-state index is 12.5. The Balaban J connectivity index is 2.10. The van der Waals surface area contributed by atoms with Gasteiger partial charge in [0.25, 0.3) is 0 Å². The fourth-order valence-corrected chi connectivity index (χ4v) is 2.67. The number of hydrogen-bond acceptors (Lipinski definition) is 2. The van der Waals surface area contributed by atoms with Gasteiger partial charge in [0.2, 0.25) is 0 Å². The van der Waals surface area contributed by atoms with Crippen LogP contribution in [0.1, 0.15) is 36.9 Å². The Hall–Kier alpha value is -1.98. The van der Waals surface area contributed by atoms with Crippen LogP contribution in [-0.4, -0.2) is 18.3 Å². The molecule has 1 heterocycles. The Kier molecular flexibility index (Phi) is 5.34. The summed E-state index contributed by atoms with van der Waals surface area (Å²) in [5.74, 6) is 0.660. The van der Waals surface area contributed by atoms with Gasteiger partial charge in [-0.05, 0) is 38.3 Å². The molecule has 126 valence electrons. The van der Waals surface area contributed by atoms with Gasteiger partial charge in [0.1, 0.15) is 5.75 Å². The highest BCUT2D eigenvalue weighted by atomic mass is 19.4. The molecule has 2 rings (SSSR count). The lowest BCUT2D eigenvalue weighted by molar-refractivity contribution is -0.135. The van der Waals surface area contributed by atoms with E-state index < -0.39 is 12.6 Å². The maximum Gasteiger partial charge on any atom is 0.389 e. The number of rotatable bonds is 6. The number of alkyl halides is 3. The number of halogens is 3. The van der Waals surface area contributed by atoms with E-state index in [9.17, 15) is 18.0 Å². The summed E-state index contributed by atoms with van der Waals surface area (Å²) >= 11 is 0. The summed E-state index contributed by atoms with van der Waals surface area (Å²) < 4.78 is 41.5. The number of H-pyrrole nitrogens is 1. The molecule has 0 spiro atoms. The first-order valence-electron chi connectivity index (χ1n) is 7.58. The molecule has 0 amide bonds. The second kappa shape index (κ2) is 7.06. The minimum Gasteiger partial charge on any atom is -0.497 e. The number of aromatic nitrogens is 1. The molecule has 1 aromatic heterocycles. The van der Waals surface area contributed by atoms with Crippen molar-refractivity contribution in [3.63, 3.8) is 0 Å². The van der Waals surface area contributed by atoms with Gasteiger partial charge in [-0.3, -0.25) is 4.79 Å². The van der Waals surface area contributed by atoms with Crippen LogP contribution in [0.5, 0.6) is 5.75 Å². The summed E-state index contributed by atoms with van der Waals surface area (Å²) in [6, 6.07) is 5.19. The lowest BCUT2D eigenvalue weighted by Gasteiger charge is -2.10. The normalized spacial score (nSPS) is 11.9.